The lowest BCUT2D eigenvalue weighted by atomic mass is 9.73. The average molecular weight is 396 g/mol. The molecule has 3 saturated heterocycles. The van der Waals surface area contributed by atoms with Gasteiger partial charge >= 0.3 is 6.16 Å². The predicted molar refractivity (Wildman–Crippen MR) is 111 cm³/mol. The molecule has 4 heterocycles. The molecule has 1 aromatic carbocycles. The minimum absolute atomic E-state index is 0.103. The van der Waals surface area contributed by atoms with Crippen molar-refractivity contribution in [1.82, 2.24) is 9.88 Å². The van der Waals surface area contributed by atoms with E-state index in [1.807, 2.05) is 24.3 Å². The number of carbonyl (C=O) groups excluding carboxylic acids is 1. The highest BCUT2D eigenvalue weighted by Crippen LogP contribution is 2.43. The van der Waals surface area contributed by atoms with Gasteiger partial charge in [-0.1, -0.05) is 6.08 Å². The van der Waals surface area contributed by atoms with Crippen LogP contribution in [0.2, 0.25) is 0 Å². The Morgan fingerprint density at radius 1 is 1.41 bits per heavy atom. The number of nitrogens with zero attached hydrogens (tertiary/aromatic N) is 2. The van der Waals surface area contributed by atoms with Gasteiger partial charge in [0, 0.05) is 23.7 Å². The second kappa shape index (κ2) is 8.41. The van der Waals surface area contributed by atoms with Crippen LogP contribution in [0.5, 0.6) is 5.75 Å². The predicted octanol–water partition coefficient (Wildman–Crippen LogP) is 4.35. The van der Waals surface area contributed by atoms with Gasteiger partial charge in [-0.05, 0) is 62.4 Å². The molecular formula is C23H28N2O4. The van der Waals surface area contributed by atoms with Crippen molar-refractivity contribution in [3.8, 4) is 5.75 Å². The highest BCUT2D eigenvalue weighted by molar-refractivity contribution is 5.84. The molecule has 0 radical (unpaired) electrons. The second-order valence-electron chi connectivity index (χ2n) is 7.75. The molecule has 1 unspecified atom stereocenters. The Morgan fingerprint density at radius 2 is 2.28 bits per heavy atom. The van der Waals surface area contributed by atoms with Crippen LogP contribution in [0.1, 0.15) is 31.4 Å². The lowest BCUT2D eigenvalue weighted by Crippen LogP contribution is -2.55. The molecular weight excluding hydrogens is 368 g/mol. The monoisotopic (exact) mass is 396 g/mol. The van der Waals surface area contributed by atoms with Crippen molar-refractivity contribution in [1.29, 1.82) is 0 Å². The Hall–Kier alpha value is -2.60. The number of pyridine rings is 1. The van der Waals surface area contributed by atoms with Gasteiger partial charge in [0.1, 0.15) is 11.9 Å². The molecule has 2 aromatic rings. The van der Waals surface area contributed by atoms with Gasteiger partial charge in [0.15, 0.2) is 0 Å². The first-order valence-corrected chi connectivity index (χ1v) is 10.3. The van der Waals surface area contributed by atoms with Gasteiger partial charge in [0.05, 0.1) is 25.3 Å². The quantitative estimate of drug-likeness (QED) is 0.534. The van der Waals surface area contributed by atoms with Crippen molar-refractivity contribution in [3.63, 3.8) is 0 Å². The first kappa shape index (κ1) is 19.7. The average Bonchev–Trinajstić information content (AvgIpc) is 2.77. The summed E-state index contributed by atoms with van der Waals surface area (Å²) in [6.07, 6.45) is 4.91. The molecule has 0 amide bonds. The van der Waals surface area contributed by atoms with Crippen LogP contribution in [0, 0.1) is 11.8 Å². The van der Waals surface area contributed by atoms with Crippen LogP contribution < -0.4 is 4.74 Å². The Bertz CT molecular complexity index is 900. The van der Waals surface area contributed by atoms with E-state index < -0.39 is 12.3 Å². The van der Waals surface area contributed by atoms with E-state index in [1.54, 1.807) is 20.2 Å². The van der Waals surface area contributed by atoms with Gasteiger partial charge in [-0.15, -0.1) is 6.58 Å². The summed E-state index contributed by atoms with van der Waals surface area (Å²) >= 11 is 0. The van der Waals surface area contributed by atoms with Crippen LogP contribution in [-0.2, 0) is 9.47 Å². The van der Waals surface area contributed by atoms with Gasteiger partial charge in [-0.3, -0.25) is 9.88 Å². The Labute approximate surface area is 171 Å². The lowest BCUT2D eigenvalue weighted by Gasteiger charge is -2.51. The summed E-state index contributed by atoms with van der Waals surface area (Å²) in [5.74, 6) is 1.81. The van der Waals surface area contributed by atoms with Gasteiger partial charge in [0.2, 0.25) is 0 Å². The zero-order valence-electron chi connectivity index (χ0n) is 17.0. The highest BCUT2D eigenvalue weighted by atomic mass is 16.7. The van der Waals surface area contributed by atoms with E-state index in [-0.39, 0.29) is 12.6 Å². The number of rotatable bonds is 6. The first-order valence-electron chi connectivity index (χ1n) is 10.3. The normalized spacial score (nSPS) is 26.7. The number of hydrogen-bond donors (Lipinski definition) is 0. The standard InChI is InChI=1S/C23H28N2O4/c1-4-15-14-25-11-9-16(15)12-21(25)22(29-23(26)28-5-2)18-8-10-24-20-7-6-17(27-3)13-19(18)20/h4,6-8,10,13,15-16,21-22H,1,5,9,11-12,14H2,2-3H3/t15-,16+,21-,22+/m1/s1. The van der Waals surface area contributed by atoms with Crippen molar-refractivity contribution < 1.29 is 19.0 Å². The lowest BCUT2D eigenvalue weighted by molar-refractivity contribution is -0.0652. The molecule has 2 bridgehead atoms. The molecule has 6 heteroatoms. The molecule has 3 fully saturated rings. The minimum atomic E-state index is -0.631. The molecule has 5 atom stereocenters. The third-order valence-electron chi connectivity index (χ3n) is 6.28. The van der Waals surface area contributed by atoms with Crippen LogP contribution in [0.3, 0.4) is 0 Å². The summed E-state index contributed by atoms with van der Waals surface area (Å²) in [6.45, 7) is 8.04. The van der Waals surface area contributed by atoms with Crippen molar-refractivity contribution in [2.24, 2.45) is 11.8 Å². The molecule has 0 aliphatic carbocycles. The topological polar surface area (TPSA) is 60.9 Å². The fourth-order valence-electron chi connectivity index (χ4n) is 4.82. The van der Waals surface area contributed by atoms with Crippen LogP contribution in [0.25, 0.3) is 10.9 Å². The van der Waals surface area contributed by atoms with E-state index in [0.29, 0.717) is 11.8 Å². The maximum absolute atomic E-state index is 12.3. The summed E-state index contributed by atoms with van der Waals surface area (Å²) in [5, 5.41) is 0.934. The van der Waals surface area contributed by atoms with E-state index in [4.69, 9.17) is 14.2 Å². The third-order valence-corrected chi connectivity index (χ3v) is 6.28. The number of benzene rings is 1. The summed E-state index contributed by atoms with van der Waals surface area (Å²) in [4.78, 5) is 19.2. The van der Waals surface area contributed by atoms with E-state index in [9.17, 15) is 4.79 Å². The Kier molecular flexibility index (Phi) is 5.72. The van der Waals surface area contributed by atoms with Crippen molar-refractivity contribution in [3.05, 3.63) is 48.7 Å². The van der Waals surface area contributed by atoms with Crippen molar-refractivity contribution in [2.45, 2.75) is 31.9 Å². The molecule has 6 nitrogen and oxygen atoms in total. The van der Waals surface area contributed by atoms with Crippen LogP contribution in [0.15, 0.2) is 43.1 Å². The van der Waals surface area contributed by atoms with E-state index in [0.717, 1.165) is 48.1 Å². The Morgan fingerprint density at radius 3 is 2.97 bits per heavy atom. The fraction of sp³-hybridized carbons (Fsp3) is 0.478. The van der Waals surface area contributed by atoms with Gasteiger partial charge in [-0.25, -0.2) is 4.79 Å². The zero-order valence-corrected chi connectivity index (χ0v) is 17.0. The van der Waals surface area contributed by atoms with Gasteiger partial charge in [-0.2, -0.15) is 0 Å². The number of aromatic nitrogens is 1. The number of piperidine rings is 3. The van der Waals surface area contributed by atoms with E-state index >= 15 is 0 Å². The number of carbonyl (C=O) groups is 1. The Balaban J connectivity index is 1.75. The first-order chi connectivity index (χ1) is 14.1. The molecule has 5 rings (SSSR count). The number of hydrogen-bond acceptors (Lipinski definition) is 6. The molecule has 29 heavy (non-hydrogen) atoms. The molecule has 154 valence electrons. The van der Waals surface area contributed by atoms with Gasteiger partial charge in [0.25, 0.3) is 0 Å². The van der Waals surface area contributed by atoms with Crippen molar-refractivity contribution >= 4 is 17.1 Å². The molecule has 1 aromatic heterocycles. The third kappa shape index (κ3) is 3.81. The number of methoxy groups -OCH3 is 1. The van der Waals surface area contributed by atoms with E-state index in [1.165, 1.54) is 0 Å². The highest BCUT2D eigenvalue weighted by Gasteiger charge is 2.44. The minimum Gasteiger partial charge on any atom is -0.497 e. The maximum Gasteiger partial charge on any atom is 0.508 e. The molecule has 3 aliphatic rings. The second-order valence-corrected chi connectivity index (χ2v) is 7.75. The summed E-state index contributed by atoms with van der Waals surface area (Å²) in [6, 6.07) is 7.83. The SMILES string of the molecule is C=C[C@@H]1CN2CC[C@H]1C[C@@H]2[C@@H](OC(=O)OCC)c1ccnc2ccc(OC)cc12. The smallest absolute Gasteiger partial charge is 0.497 e. The molecule has 0 N–H and O–H groups in total. The van der Waals surface area contributed by atoms with Crippen LogP contribution in [-0.4, -0.2) is 48.9 Å². The fourth-order valence-corrected chi connectivity index (χ4v) is 4.82. The zero-order chi connectivity index (χ0) is 20.4. The summed E-state index contributed by atoms with van der Waals surface area (Å²) in [5.41, 5.74) is 1.79. The molecule has 3 aliphatic heterocycles. The van der Waals surface area contributed by atoms with Gasteiger partial charge < -0.3 is 14.2 Å². The maximum atomic E-state index is 12.3. The van der Waals surface area contributed by atoms with E-state index in [2.05, 4.69) is 22.5 Å². The molecule has 0 saturated carbocycles. The summed E-state index contributed by atoms with van der Waals surface area (Å²) < 4.78 is 16.5. The summed E-state index contributed by atoms with van der Waals surface area (Å²) in [7, 11) is 1.64. The van der Waals surface area contributed by atoms with Crippen molar-refractivity contribution in [2.75, 3.05) is 26.8 Å². The number of ether oxygens (including phenoxy) is 3. The number of fused-ring (bicyclic) bond motifs is 4. The largest absolute Gasteiger partial charge is 0.508 e. The van der Waals surface area contributed by atoms with Crippen LogP contribution >= 0.6 is 0 Å². The molecule has 0 spiro atoms. The van der Waals surface area contributed by atoms with Crippen LogP contribution in [0.4, 0.5) is 4.79 Å².